The molecule has 2 aromatic rings. The quantitative estimate of drug-likeness (QED) is 0.581. The Morgan fingerprint density at radius 1 is 1.56 bits per heavy atom. The van der Waals surface area contributed by atoms with Crippen molar-refractivity contribution in [2.75, 3.05) is 0 Å². The molecule has 1 atom stereocenters. The molecule has 1 aliphatic rings. The highest BCUT2D eigenvalue weighted by molar-refractivity contribution is 14.1. The smallest absolute Gasteiger partial charge is 0.270 e. The zero-order valence-electron chi connectivity index (χ0n) is 7.79. The van der Waals surface area contributed by atoms with Crippen molar-refractivity contribution in [1.82, 2.24) is 14.5 Å². The second kappa shape index (κ2) is 3.25. The molecule has 1 aliphatic carbocycles. The lowest BCUT2D eigenvalue weighted by molar-refractivity contribution is 0.102. The molecular weight excluding hydrogens is 350 g/mol. The monoisotopic (exact) mass is 355 g/mol. The van der Waals surface area contributed by atoms with Crippen molar-refractivity contribution in [2.24, 2.45) is 0 Å². The van der Waals surface area contributed by atoms with E-state index in [-0.39, 0.29) is 11.7 Å². The van der Waals surface area contributed by atoms with Crippen LogP contribution in [0.15, 0.2) is 12.4 Å². The lowest BCUT2D eigenvalue weighted by atomic mass is 10.4. The molecule has 0 radical (unpaired) electrons. The molecule has 2 aromatic heterocycles. The van der Waals surface area contributed by atoms with E-state index in [1.165, 1.54) is 10.8 Å². The minimum absolute atomic E-state index is 0.116. The normalized spacial score (nSPS) is 22.6. The van der Waals surface area contributed by atoms with Gasteiger partial charge in [0.15, 0.2) is 0 Å². The van der Waals surface area contributed by atoms with Gasteiger partial charge in [-0.25, -0.2) is 18.7 Å². The lowest BCUT2D eigenvalue weighted by Gasteiger charge is -2.02. The molecule has 1 unspecified atom stereocenters. The van der Waals surface area contributed by atoms with E-state index >= 15 is 0 Å². The van der Waals surface area contributed by atoms with E-state index in [0.29, 0.717) is 11.0 Å². The van der Waals surface area contributed by atoms with E-state index in [0.717, 1.165) is 3.57 Å². The average molecular weight is 356 g/mol. The maximum absolute atomic E-state index is 13.0. The lowest BCUT2D eigenvalue weighted by Crippen LogP contribution is -2.01. The van der Waals surface area contributed by atoms with Crippen LogP contribution in [0, 0.1) is 3.57 Å². The number of aromatic nitrogens is 3. The second-order valence-electron chi connectivity index (χ2n) is 3.74. The van der Waals surface area contributed by atoms with Crippen LogP contribution < -0.4 is 0 Å². The number of halogens is 4. The first kappa shape index (κ1) is 10.6. The van der Waals surface area contributed by atoms with Gasteiger partial charge in [0.1, 0.15) is 11.6 Å². The van der Waals surface area contributed by atoms with Gasteiger partial charge < -0.3 is 4.57 Å². The Morgan fingerprint density at radius 3 is 2.88 bits per heavy atom. The topological polar surface area (TPSA) is 30.7 Å². The van der Waals surface area contributed by atoms with Crippen LogP contribution in [0.1, 0.15) is 12.5 Å². The van der Waals surface area contributed by atoms with E-state index < -0.39 is 12.0 Å². The fraction of sp³-hybridized carbons (Fsp3) is 0.333. The van der Waals surface area contributed by atoms with E-state index in [1.54, 1.807) is 6.20 Å². The second-order valence-corrected chi connectivity index (χ2v) is 5.24. The molecule has 3 rings (SSSR count). The van der Waals surface area contributed by atoms with E-state index in [4.69, 9.17) is 11.6 Å². The van der Waals surface area contributed by atoms with Crippen LogP contribution >= 0.6 is 34.2 Å². The van der Waals surface area contributed by atoms with Crippen LogP contribution in [0.5, 0.6) is 0 Å². The van der Waals surface area contributed by atoms with Gasteiger partial charge in [-0.3, -0.25) is 0 Å². The van der Waals surface area contributed by atoms with Gasteiger partial charge >= 0.3 is 0 Å². The summed E-state index contributed by atoms with van der Waals surface area (Å²) in [5.74, 6) is -2.60. The molecule has 2 heterocycles. The number of fused-ring (bicyclic) bond motifs is 1. The van der Waals surface area contributed by atoms with Gasteiger partial charge in [0.25, 0.3) is 5.92 Å². The molecule has 16 heavy (non-hydrogen) atoms. The van der Waals surface area contributed by atoms with Crippen molar-refractivity contribution < 1.29 is 8.78 Å². The number of alkyl halides is 2. The van der Waals surface area contributed by atoms with Crippen LogP contribution in [0.2, 0.25) is 5.28 Å². The van der Waals surface area contributed by atoms with E-state index in [1.807, 2.05) is 0 Å². The fourth-order valence-electron chi connectivity index (χ4n) is 1.73. The summed E-state index contributed by atoms with van der Waals surface area (Å²) in [6.07, 6.45) is 3.04. The molecule has 0 bridgehead atoms. The minimum atomic E-state index is -2.60. The molecule has 0 spiro atoms. The number of nitrogens with zero attached hydrogens (tertiary/aromatic N) is 3. The molecule has 3 nitrogen and oxygen atoms in total. The third kappa shape index (κ3) is 1.50. The molecular formula is C9H5ClF2IN3. The van der Waals surface area contributed by atoms with Gasteiger partial charge in [0.2, 0.25) is 5.28 Å². The Balaban J connectivity index is 2.20. The molecule has 1 saturated carbocycles. The molecule has 0 saturated heterocycles. The van der Waals surface area contributed by atoms with Crippen molar-refractivity contribution in [3.8, 4) is 0 Å². The molecule has 0 aliphatic heterocycles. The third-order valence-corrected chi connectivity index (χ3v) is 3.60. The van der Waals surface area contributed by atoms with Crippen molar-refractivity contribution in [3.63, 3.8) is 0 Å². The van der Waals surface area contributed by atoms with Crippen LogP contribution in [-0.2, 0) is 0 Å². The van der Waals surface area contributed by atoms with Gasteiger partial charge in [-0.15, -0.1) is 0 Å². The Labute approximate surface area is 108 Å². The third-order valence-electron chi connectivity index (χ3n) is 2.63. The Kier molecular flexibility index (Phi) is 2.16. The Bertz CT molecular complexity index is 583. The zero-order valence-corrected chi connectivity index (χ0v) is 10.7. The van der Waals surface area contributed by atoms with Gasteiger partial charge in [0, 0.05) is 12.6 Å². The molecule has 7 heteroatoms. The average Bonchev–Trinajstić information content (AvgIpc) is 2.71. The van der Waals surface area contributed by atoms with Crippen LogP contribution in [0.25, 0.3) is 11.0 Å². The highest BCUT2D eigenvalue weighted by Gasteiger charge is 2.58. The predicted molar refractivity (Wildman–Crippen MR) is 63.9 cm³/mol. The molecule has 0 amide bonds. The first-order valence-corrected chi connectivity index (χ1v) is 6.01. The molecule has 1 fully saturated rings. The Morgan fingerprint density at radius 2 is 2.25 bits per heavy atom. The SMILES string of the molecule is FC1(F)CC1n1cc(I)c2nc(Cl)ncc21. The van der Waals surface area contributed by atoms with Gasteiger partial charge in [-0.1, -0.05) is 0 Å². The maximum atomic E-state index is 13.0. The van der Waals surface area contributed by atoms with Crippen LogP contribution in [0.4, 0.5) is 8.78 Å². The predicted octanol–water partition coefficient (Wildman–Crippen LogP) is 3.27. The number of hydrogen-bond acceptors (Lipinski definition) is 2. The highest BCUT2D eigenvalue weighted by atomic mass is 127. The molecule has 0 N–H and O–H groups in total. The summed E-state index contributed by atoms with van der Waals surface area (Å²) in [6.45, 7) is 0. The van der Waals surface area contributed by atoms with Crippen molar-refractivity contribution in [2.45, 2.75) is 18.4 Å². The van der Waals surface area contributed by atoms with E-state index in [9.17, 15) is 8.78 Å². The summed E-state index contributed by atoms with van der Waals surface area (Å²) < 4.78 is 28.4. The van der Waals surface area contributed by atoms with E-state index in [2.05, 4.69) is 32.6 Å². The first-order chi connectivity index (χ1) is 7.49. The fourth-order valence-corrected chi connectivity index (χ4v) is 2.56. The first-order valence-electron chi connectivity index (χ1n) is 4.55. The summed E-state index contributed by atoms with van der Waals surface area (Å²) >= 11 is 7.72. The zero-order chi connectivity index (χ0) is 11.5. The molecule has 84 valence electrons. The summed E-state index contributed by atoms with van der Waals surface area (Å²) in [6, 6.07) is -0.761. The summed E-state index contributed by atoms with van der Waals surface area (Å²) in [5, 5.41) is 0.130. The maximum Gasteiger partial charge on any atom is 0.270 e. The van der Waals surface area contributed by atoms with Crippen LogP contribution in [-0.4, -0.2) is 20.5 Å². The van der Waals surface area contributed by atoms with Crippen molar-refractivity contribution in [3.05, 3.63) is 21.2 Å². The van der Waals surface area contributed by atoms with Crippen molar-refractivity contribution in [1.29, 1.82) is 0 Å². The van der Waals surface area contributed by atoms with Gasteiger partial charge in [-0.05, 0) is 34.2 Å². The van der Waals surface area contributed by atoms with Crippen molar-refractivity contribution >= 4 is 45.2 Å². The largest absolute Gasteiger partial charge is 0.334 e. The summed E-state index contributed by atoms with van der Waals surface area (Å²) in [4.78, 5) is 7.86. The minimum Gasteiger partial charge on any atom is -0.334 e. The summed E-state index contributed by atoms with van der Waals surface area (Å²) in [7, 11) is 0. The summed E-state index contributed by atoms with van der Waals surface area (Å²) in [5.41, 5.74) is 1.24. The Hall–Kier alpha value is -0.500. The highest BCUT2D eigenvalue weighted by Crippen LogP contribution is 2.53. The number of hydrogen-bond donors (Lipinski definition) is 0. The van der Waals surface area contributed by atoms with Crippen LogP contribution in [0.3, 0.4) is 0 Å². The van der Waals surface area contributed by atoms with Gasteiger partial charge in [0.05, 0.1) is 15.3 Å². The van der Waals surface area contributed by atoms with Gasteiger partial charge in [-0.2, -0.15) is 0 Å². The molecule has 0 aromatic carbocycles. The number of rotatable bonds is 1. The standard InChI is InChI=1S/C9H5ClF2IN3/c10-8-14-2-5-7(15-8)4(13)3-16(5)6-1-9(6,11)12/h2-3,6H,1H2.